The molecule has 0 saturated carbocycles. The molecular weight excluding hydrogens is 468 g/mol. The molecule has 0 radical (unpaired) electrons. The average molecular weight is 505 g/mol. The molecule has 2 saturated heterocycles. The number of rotatable bonds is 12. The van der Waals surface area contributed by atoms with Gasteiger partial charge in [-0.25, -0.2) is 0 Å². The fourth-order valence-corrected chi connectivity index (χ4v) is 5.34. The van der Waals surface area contributed by atoms with Gasteiger partial charge >= 0.3 is 5.97 Å². The highest BCUT2D eigenvalue weighted by molar-refractivity contribution is 6.03. The number of benzene rings is 2. The lowest BCUT2D eigenvalue weighted by atomic mass is 9.77. The third-order valence-electron chi connectivity index (χ3n) is 7.28. The maximum absolute atomic E-state index is 12.5. The first-order valence-electron chi connectivity index (χ1n) is 13.1. The molecule has 2 heterocycles. The van der Waals surface area contributed by atoms with E-state index in [2.05, 4.69) is 27.5 Å². The van der Waals surface area contributed by atoms with Crippen LogP contribution in [0.5, 0.6) is 0 Å². The predicted octanol–water partition coefficient (Wildman–Crippen LogP) is 4.88. The number of allylic oxidation sites excluding steroid dienone is 2. The number of carbonyl (C=O) groups excluding carboxylic acids is 3. The maximum atomic E-state index is 12.5. The normalized spacial score (nSPS) is 22.2. The minimum Gasteiger partial charge on any atom is -0.469 e. The minimum atomic E-state index is -0.333. The highest BCUT2D eigenvalue weighted by atomic mass is 16.5. The third-order valence-corrected chi connectivity index (χ3v) is 7.28. The van der Waals surface area contributed by atoms with Gasteiger partial charge in [-0.3, -0.25) is 14.4 Å². The fourth-order valence-electron chi connectivity index (χ4n) is 5.34. The van der Waals surface area contributed by atoms with Crippen molar-refractivity contribution in [3.8, 4) is 11.1 Å². The summed E-state index contributed by atoms with van der Waals surface area (Å²) in [5.74, 6) is -0.192. The van der Waals surface area contributed by atoms with E-state index in [4.69, 9.17) is 4.74 Å². The number of ether oxygens (including phenoxy) is 2. The molecule has 37 heavy (non-hydrogen) atoms. The molecule has 196 valence electrons. The van der Waals surface area contributed by atoms with Crippen LogP contribution in [0.25, 0.3) is 11.1 Å². The summed E-state index contributed by atoms with van der Waals surface area (Å²) < 4.78 is 10.8. The Morgan fingerprint density at radius 1 is 0.919 bits per heavy atom. The van der Waals surface area contributed by atoms with Gasteiger partial charge < -0.3 is 20.1 Å². The van der Waals surface area contributed by atoms with Gasteiger partial charge in [0.2, 0.25) is 11.8 Å². The molecule has 7 nitrogen and oxygen atoms in total. The first-order chi connectivity index (χ1) is 18.0. The van der Waals surface area contributed by atoms with Crippen molar-refractivity contribution in [2.45, 2.75) is 57.2 Å². The third kappa shape index (κ3) is 7.52. The molecule has 2 aliphatic heterocycles. The van der Waals surface area contributed by atoms with Crippen LogP contribution in [0.2, 0.25) is 0 Å². The Morgan fingerprint density at radius 2 is 1.62 bits per heavy atom. The summed E-state index contributed by atoms with van der Waals surface area (Å²) in [6.45, 7) is 0.514. The van der Waals surface area contributed by atoms with E-state index in [1.54, 1.807) is 0 Å². The zero-order valence-corrected chi connectivity index (χ0v) is 21.4. The van der Waals surface area contributed by atoms with Gasteiger partial charge in [0.25, 0.3) is 0 Å². The molecule has 2 N–H and O–H groups in total. The van der Waals surface area contributed by atoms with Gasteiger partial charge in [0.05, 0.1) is 19.3 Å². The van der Waals surface area contributed by atoms with E-state index >= 15 is 0 Å². The van der Waals surface area contributed by atoms with Crippen LogP contribution in [0.3, 0.4) is 0 Å². The van der Waals surface area contributed by atoms with Crippen LogP contribution in [0, 0.1) is 11.8 Å². The summed E-state index contributed by atoms with van der Waals surface area (Å²) in [6.07, 6.45) is 9.46. The van der Waals surface area contributed by atoms with E-state index < -0.39 is 0 Å². The van der Waals surface area contributed by atoms with Gasteiger partial charge in [-0.2, -0.15) is 0 Å². The Hall–Kier alpha value is -3.45. The first-order valence-corrected chi connectivity index (χ1v) is 13.1. The summed E-state index contributed by atoms with van der Waals surface area (Å²) in [5.41, 5.74) is 2.84. The minimum absolute atomic E-state index is 0.167. The zero-order valence-electron chi connectivity index (χ0n) is 21.4. The molecular formula is C30H36N2O5. The second-order valence-corrected chi connectivity index (χ2v) is 9.77. The van der Waals surface area contributed by atoms with E-state index in [0.717, 1.165) is 43.2 Å². The lowest BCUT2D eigenvalue weighted by Gasteiger charge is -2.27. The standard InChI is InChI=1S/C30H36N2O5/c1-36-30(35)12-8-3-2-7-11-24-25(27-18-17-26(24)37-27)20-31-28(33)19-29(34)32-23-15-13-22(14-16-23)21-9-5-4-6-10-21/h2,4-7,9-10,13-16,24-27H,3,8,11-12,17-20H2,1H3,(H,31,33)(H,32,34)/b7-2-/t24-,25+,26-,27+/m1/s1. The van der Waals surface area contributed by atoms with Crippen LogP contribution in [-0.2, 0) is 23.9 Å². The Kier molecular flexibility index (Phi) is 9.49. The maximum Gasteiger partial charge on any atom is 0.305 e. The van der Waals surface area contributed by atoms with Crippen molar-refractivity contribution < 1.29 is 23.9 Å². The first kappa shape index (κ1) is 26.6. The van der Waals surface area contributed by atoms with Crippen molar-refractivity contribution >= 4 is 23.5 Å². The number of carbonyl (C=O) groups is 3. The van der Waals surface area contributed by atoms with E-state index in [1.807, 2.05) is 54.6 Å². The highest BCUT2D eigenvalue weighted by Gasteiger charge is 2.48. The number of unbranched alkanes of at least 4 members (excludes halogenated alkanes) is 1. The molecule has 0 aliphatic carbocycles. The molecule has 2 fully saturated rings. The van der Waals surface area contributed by atoms with Gasteiger partial charge in [-0.15, -0.1) is 0 Å². The van der Waals surface area contributed by atoms with Crippen LogP contribution in [0.1, 0.15) is 44.9 Å². The number of methoxy groups -OCH3 is 1. The van der Waals surface area contributed by atoms with Gasteiger partial charge in [0.15, 0.2) is 0 Å². The van der Waals surface area contributed by atoms with Crippen molar-refractivity contribution in [1.29, 1.82) is 0 Å². The van der Waals surface area contributed by atoms with Crippen LogP contribution < -0.4 is 10.6 Å². The van der Waals surface area contributed by atoms with Gasteiger partial charge in [0, 0.05) is 24.6 Å². The molecule has 2 aromatic carbocycles. The number of amides is 2. The van der Waals surface area contributed by atoms with Crippen LogP contribution >= 0.6 is 0 Å². The smallest absolute Gasteiger partial charge is 0.305 e. The monoisotopic (exact) mass is 504 g/mol. The second kappa shape index (κ2) is 13.2. The molecule has 2 aromatic rings. The molecule has 4 atom stereocenters. The lowest BCUT2D eigenvalue weighted by molar-refractivity contribution is -0.140. The van der Waals surface area contributed by atoms with Gasteiger partial charge in [-0.1, -0.05) is 54.6 Å². The number of esters is 1. The fraction of sp³-hybridized carbons (Fsp3) is 0.433. The molecule has 2 aliphatic rings. The van der Waals surface area contributed by atoms with Crippen molar-refractivity contribution in [3.05, 3.63) is 66.7 Å². The Morgan fingerprint density at radius 3 is 2.35 bits per heavy atom. The van der Waals surface area contributed by atoms with Crippen molar-refractivity contribution in [2.75, 3.05) is 19.0 Å². The lowest BCUT2D eigenvalue weighted by Crippen LogP contribution is -2.39. The zero-order chi connectivity index (χ0) is 26.0. The molecule has 4 rings (SSSR count). The molecule has 0 unspecified atom stereocenters. The Bertz CT molecular complexity index is 1080. The van der Waals surface area contributed by atoms with E-state index in [-0.39, 0.29) is 42.3 Å². The van der Waals surface area contributed by atoms with Crippen molar-refractivity contribution in [2.24, 2.45) is 11.8 Å². The number of nitrogens with one attached hydrogen (secondary N) is 2. The molecule has 2 amide bonds. The summed E-state index contributed by atoms with van der Waals surface area (Å²) >= 11 is 0. The topological polar surface area (TPSA) is 93.7 Å². The summed E-state index contributed by atoms with van der Waals surface area (Å²) in [4.78, 5) is 36.1. The van der Waals surface area contributed by atoms with Crippen molar-refractivity contribution in [3.63, 3.8) is 0 Å². The largest absolute Gasteiger partial charge is 0.469 e. The molecule has 0 spiro atoms. The Balaban J connectivity index is 1.19. The van der Waals surface area contributed by atoms with Crippen LogP contribution in [-0.4, -0.2) is 43.6 Å². The Labute approximate surface area is 218 Å². The number of hydrogen-bond donors (Lipinski definition) is 2. The van der Waals surface area contributed by atoms with E-state index in [9.17, 15) is 14.4 Å². The highest BCUT2D eigenvalue weighted by Crippen LogP contribution is 2.44. The van der Waals surface area contributed by atoms with Crippen LogP contribution in [0.15, 0.2) is 66.7 Å². The molecule has 7 heteroatoms. The van der Waals surface area contributed by atoms with E-state index in [0.29, 0.717) is 24.6 Å². The summed E-state index contributed by atoms with van der Waals surface area (Å²) in [6, 6.07) is 17.6. The number of fused-ring (bicyclic) bond motifs is 2. The van der Waals surface area contributed by atoms with Gasteiger partial charge in [-0.05, 0) is 61.3 Å². The van der Waals surface area contributed by atoms with Gasteiger partial charge in [0.1, 0.15) is 6.42 Å². The van der Waals surface area contributed by atoms with Crippen LogP contribution in [0.4, 0.5) is 5.69 Å². The molecule has 0 aromatic heterocycles. The molecule has 2 bridgehead atoms. The summed E-state index contributed by atoms with van der Waals surface area (Å²) in [5, 5.41) is 5.77. The SMILES string of the molecule is COC(=O)CCC/C=C\C[C@@H]1[C@H](CNC(=O)CC(=O)Nc2ccc(-c3ccccc3)cc2)[C@@H]2CC[C@H]1O2. The average Bonchev–Trinajstić information content (AvgIpc) is 3.52. The number of hydrogen-bond acceptors (Lipinski definition) is 5. The number of anilines is 1. The van der Waals surface area contributed by atoms with E-state index in [1.165, 1.54) is 7.11 Å². The predicted molar refractivity (Wildman–Crippen MR) is 143 cm³/mol. The second-order valence-electron chi connectivity index (χ2n) is 9.77. The van der Waals surface area contributed by atoms with Crippen molar-refractivity contribution in [1.82, 2.24) is 5.32 Å². The summed E-state index contributed by atoms with van der Waals surface area (Å²) in [7, 11) is 1.41. The quantitative estimate of drug-likeness (QED) is 0.186.